The Labute approximate surface area is 98.3 Å². The lowest BCUT2D eigenvalue weighted by Gasteiger charge is -2.07. The van der Waals surface area contributed by atoms with Crippen LogP contribution < -0.4 is 11.1 Å². The Morgan fingerprint density at radius 1 is 1.56 bits per heavy atom. The van der Waals surface area contributed by atoms with E-state index in [4.69, 9.17) is 5.73 Å². The average molecular weight is 237 g/mol. The van der Waals surface area contributed by atoms with Crippen LogP contribution in [0, 0.1) is 6.92 Å². The summed E-state index contributed by atoms with van der Waals surface area (Å²) < 4.78 is 1.88. The van der Waals surface area contributed by atoms with Gasteiger partial charge >= 0.3 is 0 Å². The number of aryl methyl sites for hydroxylation is 2. The Morgan fingerprint density at radius 2 is 2.38 bits per heavy atom. The van der Waals surface area contributed by atoms with Crippen LogP contribution in [0.4, 0.5) is 11.5 Å². The van der Waals surface area contributed by atoms with Crippen molar-refractivity contribution >= 4 is 22.8 Å². The average Bonchev–Trinajstić information content (AvgIpc) is 2.87. The van der Waals surface area contributed by atoms with E-state index < -0.39 is 0 Å². The van der Waals surface area contributed by atoms with Crippen LogP contribution in [0.15, 0.2) is 11.7 Å². The fourth-order valence-electron chi connectivity index (χ4n) is 1.51. The SMILES string of the molecule is CCn1nc(C)c(N)c1NCc1cncs1. The number of rotatable bonds is 4. The monoisotopic (exact) mass is 237 g/mol. The maximum absolute atomic E-state index is 5.96. The predicted molar refractivity (Wildman–Crippen MR) is 66.5 cm³/mol. The van der Waals surface area contributed by atoms with Gasteiger partial charge in [0.2, 0.25) is 0 Å². The largest absolute Gasteiger partial charge is 0.394 e. The van der Waals surface area contributed by atoms with E-state index in [1.165, 1.54) is 4.88 Å². The van der Waals surface area contributed by atoms with Crippen molar-refractivity contribution in [1.29, 1.82) is 0 Å². The highest BCUT2D eigenvalue weighted by Crippen LogP contribution is 2.23. The van der Waals surface area contributed by atoms with Crippen molar-refractivity contribution in [2.45, 2.75) is 26.9 Å². The number of nitrogens with zero attached hydrogens (tertiary/aromatic N) is 3. The van der Waals surface area contributed by atoms with Crippen molar-refractivity contribution in [2.75, 3.05) is 11.1 Å². The van der Waals surface area contributed by atoms with Crippen LogP contribution in [-0.4, -0.2) is 14.8 Å². The van der Waals surface area contributed by atoms with Crippen LogP contribution in [0.25, 0.3) is 0 Å². The maximum Gasteiger partial charge on any atom is 0.148 e. The zero-order chi connectivity index (χ0) is 11.5. The van der Waals surface area contributed by atoms with Crippen LogP contribution in [-0.2, 0) is 13.1 Å². The molecule has 2 heterocycles. The number of nitrogen functional groups attached to an aromatic ring is 1. The van der Waals surface area contributed by atoms with E-state index in [2.05, 4.69) is 15.4 Å². The minimum absolute atomic E-state index is 0.728. The zero-order valence-corrected chi connectivity index (χ0v) is 10.2. The molecule has 0 aliphatic carbocycles. The first-order chi connectivity index (χ1) is 7.72. The molecule has 0 aliphatic rings. The number of hydrogen-bond acceptors (Lipinski definition) is 5. The summed E-state index contributed by atoms with van der Waals surface area (Å²) in [6, 6.07) is 0. The number of anilines is 2. The molecule has 2 rings (SSSR count). The number of nitrogens with two attached hydrogens (primary N) is 1. The molecule has 0 fully saturated rings. The topological polar surface area (TPSA) is 68.8 Å². The summed E-state index contributed by atoms with van der Waals surface area (Å²) >= 11 is 1.62. The molecule has 86 valence electrons. The van der Waals surface area contributed by atoms with Gasteiger partial charge in [-0.3, -0.25) is 4.98 Å². The van der Waals surface area contributed by atoms with Gasteiger partial charge in [-0.15, -0.1) is 11.3 Å². The highest BCUT2D eigenvalue weighted by atomic mass is 32.1. The molecule has 0 spiro atoms. The number of aromatic nitrogens is 3. The third-order valence-corrected chi connectivity index (χ3v) is 3.17. The Bertz CT molecular complexity index is 460. The molecule has 0 bridgehead atoms. The van der Waals surface area contributed by atoms with Crippen molar-refractivity contribution in [3.8, 4) is 0 Å². The first-order valence-corrected chi connectivity index (χ1v) is 6.04. The minimum Gasteiger partial charge on any atom is -0.394 e. The van der Waals surface area contributed by atoms with Gasteiger partial charge in [0.25, 0.3) is 0 Å². The van der Waals surface area contributed by atoms with Crippen molar-refractivity contribution in [3.63, 3.8) is 0 Å². The van der Waals surface area contributed by atoms with Gasteiger partial charge in [-0.2, -0.15) is 5.10 Å². The Morgan fingerprint density at radius 3 is 3.00 bits per heavy atom. The second-order valence-corrected chi connectivity index (χ2v) is 4.46. The molecule has 0 saturated carbocycles. The molecule has 0 aliphatic heterocycles. The number of thiazole rings is 1. The third-order valence-electron chi connectivity index (χ3n) is 2.39. The van der Waals surface area contributed by atoms with E-state index in [0.717, 1.165) is 30.3 Å². The molecule has 16 heavy (non-hydrogen) atoms. The summed E-state index contributed by atoms with van der Waals surface area (Å²) in [5, 5.41) is 7.65. The molecule has 5 nitrogen and oxygen atoms in total. The Balaban J connectivity index is 2.14. The van der Waals surface area contributed by atoms with Gasteiger partial charge in [0.15, 0.2) is 0 Å². The quantitative estimate of drug-likeness (QED) is 0.851. The van der Waals surface area contributed by atoms with Crippen LogP contribution in [0.2, 0.25) is 0 Å². The van der Waals surface area contributed by atoms with Crippen LogP contribution in [0.3, 0.4) is 0 Å². The van der Waals surface area contributed by atoms with E-state index in [1.807, 2.05) is 30.2 Å². The Kier molecular flexibility index (Phi) is 3.09. The van der Waals surface area contributed by atoms with E-state index in [1.54, 1.807) is 11.3 Å². The zero-order valence-electron chi connectivity index (χ0n) is 9.40. The van der Waals surface area contributed by atoms with Crippen molar-refractivity contribution < 1.29 is 0 Å². The van der Waals surface area contributed by atoms with Gasteiger partial charge in [-0.25, -0.2) is 4.68 Å². The smallest absolute Gasteiger partial charge is 0.148 e. The third kappa shape index (κ3) is 2.01. The van der Waals surface area contributed by atoms with E-state index in [9.17, 15) is 0 Å². The summed E-state index contributed by atoms with van der Waals surface area (Å²) in [7, 11) is 0. The summed E-state index contributed by atoms with van der Waals surface area (Å²) in [4.78, 5) is 5.21. The molecule has 2 aromatic heterocycles. The fraction of sp³-hybridized carbons (Fsp3) is 0.400. The molecule has 2 aromatic rings. The van der Waals surface area contributed by atoms with Crippen molar-refractivity contribution in [2.24, 2.45) is 0 Å². The van der Waals surface area contributed by atoms with Gasteiger partial charge in [0.05, 0.1) is 23.4 Å². The number of hydrogen-bond donors (Lipinski definition) is 2. The summed E-state index contributed by atoms with van der Waals surface area (Å²) in [6.07, 6.45) is 1.85. The maximum atomic E-state index is 5.96. The molecule has 0 aromatic carbocycles. The molecule has 0 radical (unpaired) electrons. The fourth-order valence-corrected chi connectivity index (χ4v) is 2.05. The normalized spacial score (nSPS) is 10.6. The lowest BCUT2D eigenvalue weighted by atomic mass is 10.4. The summed E-state index contributed by atoms with van der Waals surface area (Å²) in [5.41, 5.74) is 9.38. The molecule has 6 heteroatoms. The van der Waals surface area contributed by atoms with Gasteiger partial charge < -0.3 is 11.1 Å². The molecule has 0 atom stereocenters. The molecule has 0 amide bonds. The van der Waals surface area contributed by atoms with E-state index >= 15 is 0 Å². The highest BCUT2D eigenvalue weighted by molar-refractivity contribution is 7.09. The molecule has 3 N–H and O–H groups in total. The van der Waals surface area contributed by atoms with Crippen LogP contribution >= 0.6 is 11.3 Å². The van der Waals surface area contributed by atoms with Crippen molar-refractivity contribution in [3.05, 3.63) is 22.3 Å². The van der Waals surface area contributed by atoms with Crippen LogP contribution in [0.5, 0.6) is 0 Å². The van der Waals surface area contributed by atoms with Gasteiger partial charge in [0, 0.05) is 17.6 Å². The second-order valence-electron chi connectivity index (χ2n) is 3.48. The van der Waals surface area contributed by atoms with Gasteiger partial charge in [0.1, 0.15) is 5.82 Å². The standard InChI is InChI=1S/C10H15N5S/c1-3-15-10(9(11)7(2)14-15)13-5-8-4-12-6-16-8/h4,6,13H,3,5,11H2,1-2H3. The summed E-state index contributed by atoms with van der Waals surface area (Å²) in [6.45, 7) is 5.51. The summed E-state index contributed by atoms with van der Waals surface area (Å²) in [5.74, 6) is 0.897. The van der Waals surface area contributed by atoms with Crippen molar-refractivity contribution in [1.82, 2.24) is 14.8 Å². The minimum atomic E-state index is 0.728. The first-order valence-electron chi connectivity index (χ1n) is 5.16. The Hall–Kier alpha value is -1.56. The molecule has 0 saturated heterocycles. The van der Waals surface area contributed by atoms with Gasteiger partial charge in [-0.1, -0.05) is 0 Å². The lowest BCUT2D eigenvalue weighted by molar-refractivity contribution is 0.658. The molecular weight excluding hydrogens is 222 g/mol. The van der Waals surface area contributed by atoms with Crippen LogP contribution in [0.1, 0.15) is 17.5 Å². The van der Waals surface area contributed by atoms with E-state index in [0.29, 0.717) is 0 Å². The number of nitrogens with one attached hydrogen (secondary N) is 1. The first kappa shape index (κ1) is 10.9. The molecule has 0 unspecified atom stereocenters. The lowest BCUT2D eigenvalue weighted by Crippen LogP contribution is -2.07. The highest BCUT2D eigenvalue weighted by Gasteiger charge is 2.10. The van der Waals surface area contributed by atoms with Gasteiger partial charge in [-0.05, 0) is 13.8 Å². The van der Waals surface area contributed by atoms with E-state index in [-0.39, 0.29) is 0 Å². The second kappa shape index (κ2) is 4.52. The molecular formula is C10H15N5S. The predicted octanol–water partition coefficient (Wildman–Crippen LogP) is 1.86.